The van der Waals surface area contributed by atoms with Crippen LogP contribution in [0.5, 0.6) is 11.5 Å². The Morgan fingerprint density at radius 2 is 1.69 bits per heavy atom. The van der Waals surface area contributed by atoms with E-state index in [1.165, 1.54) is 19.4 Å². The number of hydrogen-bond acceptors (Lipinski definition) is 6. The van der Waals surface area contributed by atoms with Crippen molar-refractivity contribution >= 4 is 5.97 Å². The molecule has 0 radical (unpaired) electrons. The highest BCUT2D eigenvalue weighted by molar-refractivity contribution is 5.76. The standard InChI is InChI=1S/C22H24N2O5/c1-14(2)15-5-7-16(8-6-15)20-23-19(24-29-20)13-27-17-9-11-18(12-10-17)28-22(3,4)21(25)26/h5-12,14H,13H2,1-4H3,(H,25,26). The Balaban J connectivity index is 1.59. The highest BCUT2D eigenvalue weighted by Gasteiger charge is 2.29. The molecule has 0 spiro atoms. The van der Waals surface area contributed by atoms with Crippen molar-refractivity contribution in [1.82, 2.24) is 10.1 Å². The molecule has 7 heteroatoms. The highest BCUT2D eigenvalue weighted by atomic mass is 16.5. The van der Waals surface area contributed by atoms with Crippen molar-refractivity contribution in [3.63, 3.8) is 0 Å². The van der Waals surface area contributed by atoms with Crippen LogP contribution in [-0.4, -0.2) is 26.8 Å². The van der Waals surface area contributed by atoms with Crippen molar-refractivity contribution in [1.29, 1.82) is 0 Å². The number of aliphatic carboxylic acids is 1. The van der Waals surface area contributed by atoms with Gasteiger partial charge in [0, 0.05) is 5.56 Å². The van der Waals surface area contributed by atoms with E-state index in [0.29, 0.717) is 29.1 Å². The molecule has 2 aromatic carbocycles. The van der Waals surface area contributed by atoms with Gasteiger partial charge in [-0.15, -0.1) is 0 Å². The molecule has 0 aliphatic heterocycles. The maximum absolute atomic E-state index is 11.1. The van der Waals surface area contributed by atoms with Crippen LogP contribution in [0.4, 0.5) is 0 Å². The molecular formula is C22H24N2O5. The summed E-state index contributed by atoms with van der Waals surface area (Å²) in [6.07, 6.45) is 0. The topological polar surface area (TPSA) is 94.7 Å². The molecule has 0 fully saturated rings. The molecule has 1 N–H and O–H groups in total. The molecule has 0 atom stereocenters. The van der Waals surface area contributed by atoms with E-state index in [1.807, 2.05) is 12.1 Å². The third-order valence-corrected chi connectivity index (χ3v) is 4.37. The Kier molecular flexibility index (Phi) is 5.87. The van der Waals surface area contributed by atoms with Crippen LogP contribution in [0.3, 0.4) is 0 Å². The van der Waals surface area contributed by atoms with Gasteiger partial charge in [-0.1, -0.05) is 31.1 Å². The van der Waals surface area contributed by atoms with E-state index in [2.05, 4.69) is 36.1 Å². The molecular weight excluding hydrogens is 372 g/mol. The van der Waals surface area contributed by atoms with Gasteiger partial charge in [-0.25, -0.2) is 4.79 Å². The summed E-state index contributed by atoms with van der Waals surface area (Å²) in [5.74, 6) is 1.32. The Morgan fingerprint density at radius 1 is 1.07 bits per heavy atom. The SMILES string of the molecule is CC(C)c1ccc(-c2nc(COc3ccc(OC(C)(C)C(=O)O)cc3)no2)cc1. The highest BCUT2D eigenvalue weighted by Crippen LogP contribution is 2.24. The first-order valence-electron chi connectivity index (χ1n) is 9.33. The summed E-state index contributed by atoms with van der Waals surface area (Å²) >= 11 is 0. The van der Waals surface area contributed by atoms with Crippen LogP contribution < -0.4 is 9.47 Å². The molecule has 0 bridgehead atoms. The molecule has 3 aromatic rings. The molecule has 1 aromatic heterocycles. The minimum absolute atomic E-state index is 0.147. The lowest BCUT2D eigenvalue weighted by atomic mass is 10.0. The second kappa shape index (κ2) is 8.34. The number of nitrogens with zero attached hydrogens (tertiary/aromatic N) is 2. The van der Waals surface area contributed by atoms with E-state index in [9.17, 15) is 4.79 Å². The predicted molar refractivity (Wildman–Crippen MR) is 107 cm³/mol. The molecule has 29 heavy (non-hydrogen) atoms. The summed E-state index contributed by atoms with van der Waals surface area (Å²) in [6, 6.07) is 14.7. The van der Waals surface area contributed by atoms with Gasteiger partial charge in [0.1, 0.15) is 11.5 Å². The monoisotopic (exact) mass is 396 g/mol. The van der Waals surface area contributed by atoms with Crippen LogP contribution in [0.1, 0.15) is 45.0 Å². The normalized spacial score (nSPS) is 11.5. The van der Waals surface area contributed by atoms with Crippen molar-refractivity contribution in [2.24, 2.45) is 0 Å². The molecule has 0 aliphatic rings. The first-order chi connectivity index (χ1) is 13.7. The van der Waals surface area contributed by atoms with Crippen molar-refractivity contribution in [2.75, 3.05) is 0 Å². The summed E-state index contributed by atoms with van der Waals surface area (Å²) in [5, 5.41) is 13.1. The van der Waals surface area contributed by atoms with Crippen LogP contribution >= 0.6 is 0 Å². The van der Waals surface area contributed by atoms with Gasteiger partial charge >= 0.3 is 5.97 Å². The smallest absolute Gasteiger partial charge is 0.347 e. The van der Waals surface area contributed by atoms with E-state index in [-0.39, 0.29) is 6.61 Å². The minimum Gasteiger partial charge on any atom is -0.485 e. The molecule has 1 heterocycles. The van der Waals surface area contributed by atoms with E-state index in [4.69, 9.17) is 19.1 Å². The van der Waals surface area contributed by atoms with Crippen molar-refractivity contribution < 1.29 is 23.9 Å². The average molecular weight is 396 g/mol. The van der Waals surface area contributed by atoms with Crippen LogP contribution in [0.2, 0.25) is 0 Å². The fraction of sp³-hybridized carbons (Fsp3) is 0.318. The number of carbonyl (C=O) groups is 1. The Hall–Kier alpha value is -3.35. The number of aromatic nitrogens is 2. The fourth-order valence-corrected chi connectivity index (χ4v) is 2.53. The summed E-state index contributed by atoms with van der Waals surface area (Å²) in [7, 11) is 0. The van der Waals surface area contributed by atoms with Gasteiger partial charge in [0.15, 0.2) is 12.2 Å². The number of benzene rings is 2. The fourth-order valence-electron chi connectivity index (χ4n) is 2.53. The molecule has 0 aliphatic carbocycles. The zero-order valence-corrected chi connectivity index (χ0v) is 16.9. The van der Waals surface area contributed by atoms with Gasteiger partial charge in [-0.2, -0.15) is 4.98 Å². The molecule has 0 saturated carbocycles. The van der Waals surface area contributed by atoms with Gasteiger partial charge in [0.05, 0.1) is 0 Å². The van der Waals surface area contributed by atoms with Crippen LogP contribution in [0.15, 0.2) is 53.1 Å². The minimum atomic E-state index is -1.31. The van der Waals surface area contributed by atoms with Crippen LogP contribution in [0, 0.1) is 0 Å². The van der Waals surface area contributed by atoms with Crippen LogP contribution in [0.25, 0.3) is 11.5 Å². The van der Waals surface area contributed by atoms with Crippen molar-refractivity contribution in [3.8, 4) is 23.0 Å². The molecule has 0 saturated heterocycles. The first-order valence-corrected chi connectivity index (χ1v) is 9.33. The van der Waals surface area contributed by atoms with E-state index < -0.39 is 11.6 Å². The summed E-state index contributed by atoms with van der Waals surface area (Å²) < 4.78 is 16.4. The number of carboxylic acids is 1. The Labute approximate surface area is 169 Å². The molecule has 152 valence electrons. The predicted octanol–water partition coefficient (Wildman–Crippen LogP) is 4.68. The summed E-state index contributed by atoms with van der Waals surface area (Å²) in [6.45, 7) is 7.41. The number of ether oxygens (including phenoxy) is 2. The van der Waals surface area contributed by atoms with Gasteiger partial charge in [-0.3, -0.25) is 0 Å². The Morgan fingerprint density at radius 3 is 2.28 bits per heavy atom. The zero-order chi connectivity index (χ0) is 21.0. The lowest BCUT2D eigenvalue weighted by Crippen LogP contribution is -2.37. The van der Waals surface area contributed by atoms with Gasteiger partial charge in [0.2, 0.25) is 5.82 Å². The molecule has 0 amide bonds. The van der Waals surface area contributed by atoms with Gasteiger partial charge in [0.25, 0.3) is 5.89 Å². The maximum atomic E-state index is 11.1. The van der Waals surface area contributed by atoms with E-state index in [0.717, 1.165) is 5.56 Å². The number of hydrogen-bond donors (Lipinski definition) is 1. The lowest BCUT2D eigenvalue weighted by Gasteiger charge is -2.21. The lowest BCUT2D eigenvalue weighted by molar-refractivity contribution is -0.152. The number of rotatable bonds is 8. The first kappa shape index (κ1) is 20.4. The molecule has 3 rings (SSSR count). The zero-order valence-electron chi connectivity index (χ0n) is 16.9. The number of carboxylic acid groups (broad SMARTS) is 1. The largest absolute Gasteiger partial charge is 0.485 e. The van der Waals surface area contributed by atoms with E-state index >= 15 is 0 Å². The third-order valence-electron chi connectivity index (χ3n) is 4.37. The van der Waals surface area contributed by atoms with Gasteiger partial charge < -0.3 is 19.1 Å². The Bertz CT molecular complexity index is 960. The van der Waals surface area contributed by atoms with E-state index in [1.54, 1.807) is 24.3 Å². The van der Waals surface area contributed by atoms with Crippen LogP contribution in [-0.2, 0) is 11.4 Å². The maximum Gasteiger partial charge on any atom is 0.347 e. The second-order valence-corrected chi connectivity index (χ2v) is 7.47. The molecule has 0 unspecified atom stereocenters. The quantitative estimate of drug-likeness (QED) is 0.590. The molecule has 7 nitrogen and oxygen atoms in total. The average Bonchev–Trinajstić information content (AvgIpc) is 3.16. The van der Waals surface area contributed by atoms with Gasteiger partial charge in [-0.05, 0) is 61.7 Å². The van der Waals surface area contributed by atoms with Crippen molar-refractivity contribution in [2.45, 2.75) is 45.8 Å². The van der Waals surface area contributed by atoms with Crippen molar-refractivity contribution in [3.05, 3.63) is 59.9 Å². The summed E-state index contributed by atoms with van der Waals surface area (Å²) in [4.78, 5) is 15.5. The second-order valence-electron chi connectivity index (χ2n) is 7.47. The third kappa shape index (κ3) is 5.13. The summed E-state index contributed by atoms with van der Waals surface area (Å²) in [5.41, 5.74) is 0.795.